The molecule has 1 N–H and O–H groups in total. The second-order valence-corrected chi connectivity index (χ2v) is 8.03. The first kappa shape index (κ1) is 23.8. The monoisotopic (exact) mass is 509 g/mol. The van der Waals surface area contributed by atoms with Crippen molar-refractivity contribution in [3.8, 4) is 17.2 Å². The Bertz CT molecular complexity index is 1180. The van der Waals surface area contributed by atoms with Crippen LogP contribution in [0.4, 0.5) is 20.2 Å². The van der Waals surface area contributed by atoms with Gasteiger partial charge in [-0.3, -0.25) is 9.78 Å². The molecule has 3 aromatic rings. The standard InChI is InChI=1S/C23H19Cl2F2N3O4/c1-32-14-4-2-13(3-5-14)12-30-8-9-33-21-18(34-23(26)27)7-6-15(20(21)30)22(31)29-19-16(24)10-28-11-17(19)25/h2-7,10-11,23H,8-9,12H2,1H3,(H,28,29,31). The van der Waals surface area contributed by atoms with Gasteiger partial charge >= 0.3 is 6.61 Å². The van der Waals surface area contributed by atoms with E-state index in [0.29, 0.717) is 24.5 Å². The number of pyridine rings is 1. The lowest BCUT2D eigenvalue weighted by molar-refractivity contribution is -0.0515. The topological polar surface area (TPSA) is 72.9 Å². The molecule has 178 valence electrons. The van der Waals surface area contributed by atoms with Crippen molar-refractivity contribution < 1.29 is 27.8 Å². The molecule has 1 aliphatic heterocycles. The Kier molecular flexibility index (Phi) is 7.23. The van der Waals surface area contributed by atoms with E-state index in [1.807, 2.05) is 29.2 Å². The maximum Gasteiger partial charge on any atom is 0.387 e. The van der Waals surface area contributed by atoms with Crippen molar-refractivity contribution in [1.82, 2.24) is 4.98 Å². The molecule has 2 heterocycles. The molecule has 0 bridgehead atoms. The van der Waals surface area contributed by atoms with Gasteiger partial charge in [0.15, 0.2) is 11.5 Å². The van der Waals surface area contributed by atoms with Crippen LogP contribution in [0.3, 0.4) is 0 Å². The normalized spacial score (nSPS) is 12.7. The third-order valence-corrected chi connectivity index (χ3v) is 5.68. The summed E-state index contributed by atoms with van der Waals surface area (Å²) >= 11 is 12.3. The van der Waals surface area contributed by atoms with Gasteiger partial charge < -0.3 is 24.4 Å². The molecule has 0 aliphatic carbocycles. The number of carbonyl (C=O) groups excluding carboxylic acids is 1. The van der Waals surface area contributed by atoms with Crippen molar-refractivity contribution in [2.75, 3.05) is 30.5 Å². The fourth-order valence-electron chi connectivity index (χ4n) is 3.57. The number of hydrogen-bond donors (Lipinski definition) is 1. The van der Waals surface area contributed by atoms with E-state index < -0.39 is 12.5 Å². The number of nitrogens with zero attached hydrogens (tertiary/aromatic N) is 2. The molecular weight excluding hydrogens is 491 g/mol. The van der Waals surface area contributed by atoms with Gasteiger partial charge in [0.25, 0.3) is 5.91 Å². The number of amides is 1. The maximum atomic E-state index is 13.3. The average molecular weight is 510 g/mol. The number of aromatic nitrogens is 1. The summed E-state index contributed by atoms with van der Waals surface area (Å²) in [5.74, 6) is 0.0330. The van der Waals surface area contributed by atoms with Gasteiger partial charge in [0, 0.05) is 18.9 Å². The minimum atomic E-state index is -3.06. The van der Waals surface area contributed by atoms with E-state index in [-0.39, 0.29) is 39.4 Å². The Hall–Kier alpha value is -3.30. The first-order chi connectivity index (χ1) is 16.4. The van der Waals surface area contributed by atoms with E-state index in [2.05, 4.69) is 15.0 Å². The van der Waals surface area contributed by atoms with Crippen molar-refractivity contribution in [3.05, 3.63) is 70.0 Å². The summed E-state index contributed by atoms with van der Waals surface area (Å²) in [6.07, 6.45) is 2.69. The molecule has 4 rings (SSSR count). The largest absolute Gasteiger partial charge is 0.497 e. The molecule has 0 atom stereocenters. The Morgan fingerprint density at radius 1 is 1.18 bits per heavy atom. The lowest BCUT2D eigenvalue weighted by Gasteiger charge is -2.34. The van der Waals surface area contributed by atoms with Gasteiger partial charge in [-0.15, -0.1) is 0 Å². The number of anilines is 2. The van der Waals surface area contributed by atoms with Gasteiger partial charge in [-0.1, -0.05) is 35.3 Å². The SMILES string of the molecule is COc1ccc(CN2CCOc3c(OC(F)F)ccc(C(=O)Nc4c(Cl)cncc4Cl)c32)cc1. The summed E-state index contributed by atoms with van der Waals surface area (Å²) in [5, 5.41) is 2.98. The number of benzene rings is 2. The Morgan fingerprint density at radius 2 is 1.88 bits per heavy atom. The molecular formula is C23H19Cl2F2N3O4. The summed E-state index contributed by atoms with van der Waals surface area (Å²) < 4.78 is 41.6. The van der Waals surface area contributed by atoms with E-state index in [9.17, 15) is 13.6 Å². The quantitative estimate of drug-likeness (QED) is 0.443. The van der Waals surface area contributed by atoms with Crippen LogP contribution in [0.5, 0.6) is 17.2 Å². The summed E-state index contributed by atoms with van der Waals surface area (Å²) in [4.78, 5) is 19.0. The van der Waals surface area contributed by atoms with Crippen molar-refractivity contribution in [1.29, 1.82) is 0 Å². The predicted octanol–water partition coefficient (Wildman–Crippen LogP) is 5.65. The van der Waals surface area contributed by atoms with Crippen LogP contribution in [-0.4, -0.2) is 37.8 Å². The molecule has 7 nitrogen and oxygen atoms in total. The summed E-state index contributed by atoms with van der Waals surface area (Å²) in [6.45, 7) is -2.04. The first-order valence-electron chi connectivity index (χ1n) is 10.1. The summed E-state index contributed by atoms with van der Waals surface area (Å²) in [6, 6.07) is 10.0. The minimum absolute atomic E-state index is 0.0552. The van der Waals surface area contributed by atoms with Crippen LogP contribution in [0.1, 0.15) is 15.9 Å². The van der Waals surface area contributed by atoms with Crippen LogP contribution < -0.4 is 24.4 Å². The zero-order valence-electron chi connectivity index (χ0n) is 17.9. The summed E-state index contributed by atoms with van der Waals surface area (Å²) in [5.41, 5.74) is 1.59. The fourth-order valence-corrected chi connectivity index (χ4v) is 4.03. The first-order valence-corrected chi connectivity index (χ1v) is 10.9. The number of carbonyl (C=O) groups is 1. The number of methoxy groups -OCH3 is 1. The number of rotatable bonds is 7. The van der Waals surface area contributed by atoms with E-state index in [4.69, 9.17) is 32.7 Å². The molecule has 1 aliphatic rings. The van der Waals surface area contributed by atoms with Gasteiger partial charge in [-0.25, -0.2) is 0 Å². The van der Waals surface area contributed by atoms with Crippen LogP contribution in [0.25, 0.3) is 0 Å². The van der Waals surface area contributed by atoms with Crippen molar-refractivity contribution in [2.45, 2.75) is 13.2 Å². The number of nitrogens with one attached hydrogen (secondary N) is 1. The third kappa shape index (κ3) is 5.10. The molecule has 11 heteroatoms. The fraction of sp³-hybridized carbons (Fsp3) is 0.217. The third-order valence-electron chi connectivity index (χ3n) is 5.10. The van der Waals surface area contributed by atoms with Crippen LogP contribution in [0.2, 0.25) is 10.0 Å². The van der Waals surface area contributed by atoms with Crippen LogP contribution in [0.15, 0.2) is 48.8 Å². The molecule has 0 radical (unpaired) electrons. The van der Waals surface area contributed by atoms with Crippen molar-refractivity contribution in [2.24, 2.45) is 0 Å². The molecule has 1 aromatic heterocycles. The lowest BCUT2D eigenvalue weighted by atomic mass is 10.1. The minimum Gasteiger partial charge on any atom is -0.497 e. The van der Waals surface area contributed by atoms with E-state index in [1.54, 1.807) is 7.11 Å². The molecule has 0 saturated carbocycles. The van der Waals surface area contributed by atoms with Crippen molar-refractivity contribution >= 4 is 40.5 Å². The van der Waals surface area contributed by atoms with Crippen LogP contribution in [0, 0.1) is 0 Å². The average Bonchev–Trinajstić information content (AvgIpc) is 2.82. The van der Waals surface area contributed by atoms with Crippen LogP contribution in [-0.2, 0) is 6.54 Å². The highest BCUT2D eigenvalue weighted by Crippen LogP contribution is 2.44. The lowest BCUT2D eigenvalue weighted by Crippen LogP contribution is -2.34. The van der Waals surface area contributed by atoms with Gasteiger partial charge in [0.1, 0.15) is 12.4 Å². The van der Waals surface area contributed by atoms with E-state index >= 15 is 0 Å². The van der Waals surface area contributed by atoms with Gasteiger partial charge in [0.05, 0.1) is 40.6 Å². The second kappa shape index (κ2) is 10.3. The number of hydrogen-bond acceptors (Lipinski definition) is 6. The molecule has 0 saturated heterocycles. The molecule has 34 heavy (non-hydrogen) atoms. The maximum absolute atomic E-state index is 13.3. The molecule has 0 unspecified atom stereocenters. The van der Waals surface area contributed by atoms with E-state index in [0.717, 1.165) is 5.56 Å². The smallest absolute Gasteiger partial charge is 0.387 e. The zero-order valence-corrected chi connectivity index (χ0v) is 19.4. The molecule has 2 aromatic carbocycles. The van der Waals surface area contributed by atoms with Crippen LogP contribution >= 0.6 is 23.2 Å². The van der Waals surface area contributed by atoms with Gasteiger partial charge in [-0.05, 0) is 29.8 Å². The highest BCUT2D eigenvalue weighted by atomic mass is 35.5. The van der Waals surface area contributed by atoms with Crippen molar-refractivity contribution in [3.63, 3.8) is 0 Å². The highest BCUT2D eigenvalue weighted by molar-refractivity contribution is 6.39. The molecule has 0 spiro atoms. The Morgan fingerprint density at radius 3 is 2.53 bits per heavy atom. The number of halogens is 4. The summed E-state index contributed by atoms with van der Waals surface area (Å²) in [7, 11) is 1.57. The van der Waals surface area contributed by atoms with Gasteiger partial charge in [-0.2, -0.15) is 8.78 Å². The zero-order chi connectivity index (χ0) is 24.2. The number of alkyl halides is 2. The van der Waals surface area contributed by atoms with Gasteiger partial charge in [0.2, 0.25) is 0 Å². The Balaban J connectivity index is 1.74. The Labute approximate surface area is 204 Å². The highest BCUT2D eigenvalue weighted by Gasteiger charge is 2.30. The predicted molar refractivity (Wildman–Crippen MR) is 125 cm³/mol. The number of ether oxygens (including phenoxy) is 3. The van der Waals surface area contributed by atoms with E-state index in [1.165, 1.54) is 24.5 Å². The number of fused-ring (bicyclic) bond motifs is 1. The molecule has 0 fully saturated rings. The second-order valence-electron chi connectivity index (χ2n) is 7.22. The molecule has 1 amide bonds.